The molecule has 1 aliphatic heterocycles. The van der Waals surface area contributed by atoms with Crippen LogP contribution in [0.5, 0.6) is 0 Å². The maximum Gasteiger partial charge on any atom is 0.258 e. The van der Waals surface area contributed by atoms with Crippen LogP contribution in [0.2, 0.25) is 0 Å². The lowest BCUT2D eigenvalue weighted by atomic mass is 10.1. The Labute approximate surface area is 168 Å². The Kier molecular flexibility index (Phi) is 5.12. The van der Waals surface area contributed by atoms with Gasteiger partial charge in [0.2, 0.25) is 0 Å². The molecule has 2 aromatic carbocycles. The van der Waals surface area contributed by atoms with E-state index in [1.807, 2.05) is 49.2 Å². The van der Waals surface area contributed by atoms with E-state index in [0.29, 0.717) is 28.8 Å². The van der Waals surface area contributed by atoms with Crippen LogP contribution in [0.25, 0.3) is 10.9 Å². The number of hydrogen-bond acceptors (Lipinski definition) is 5. The summed E-state index contributed by atoms with van der Waals surface area (Å²) in [5.41, 5.74) is 3.11. The van der Waals surface area contributed by atoms with Gasteiger partial charge in [0.1, 0.15) is 5.82 Å². The minimum atomic E-state index is -0.195. The molecule has 3 aromatic rings. The molecule has 0 unspecified atom stereocenters. The van der Waals surface area contributed by atoms with Crippen molar-refractivity contribution in [2.75, 3.05) is 18.1 Å². The molecule has 29 heavy (non-hydrogen) atoms. The SMILES string of the molecule is CCN(Cc1nc2ccccc2c(=O)[nH]1)C(=O)c1ccc(N2CCC(C)=N2)cc1. The van der Waals surface area contributed by atoms with Gasteiger partial charge in [-0.1, -0.05) is 12.1 Å². The molecule has 0 saturated carbocycles. The lowest BCUT2D eigenvalue weighted by Gasteiger charge is -2.21. The van der Waals surface area contributed by atoms with E-state index in [-0.39, 0.29) is 18.0 Å². The fourth-order valence-electron chi connectivity index (χ4n) is 3.44. The van der Waals surface area contributed by atoms with Gasteiger partial charge in [-0.15, -0.1) is 0 Å². The van der Waals surface area contributed by atoms with Gasteiger partial charge in [-0.2, -0.15) is 5.10 Å². The number of carbonyl (C=O) groups excluding carboxylic acids is 1. The summed E-state index contributed by atoms with van der Waals surface area (Å²) in [5.74, 6) is 0.373. The average molecular weight is 389 g/mol. The Bertz CT molecular complexity index is 1130. The maximum atomic E-state index is 13.0. The third kappa shape index (κ3) is 3.89. The quantitative estimate of drug-likeness (QED) is 0.727. The number of para-hydroxylation sites is 1. The van der Waals surface area contributed by atoms with Crippen molar-refractivity contribution in [2.45, 2.75) is 26.8 Å². The fourth-order valence-corrected chi connectivity index (χ4v) is 3.44. The first-order valence-corrected chi connectivity index (χ1v) is 9.74. The number of hydrazone groups is 1. The Balaban J connectivity index is 1.53. The molecule has 1 aliphatic rings. The standard InChI is InChI=1S/C22H23N5O2/c1-3-26(14-20-23-19-7-5-4-6-18(19)21(28)24-20)22(29)16-8-10-17(11-9-16)27-13-12-15(2)25-27/h4-11H,3,12-14H2,1-2H3,(H,23,24,28). The van der Waals surface area contributed by atoms with Crippen LogP contribution in [-0.4, -0.2) is 39.6 Å². The van der Waals surface area contributed by atoms with Gasteiger partial charge in [-0.3, -0.25) is 14.6 Å². The van der Waals surface area contributed by atoms with Crippen LogP contribution < -0.4 is 10.6 Å². The molecule has 0 saturated heterocycles. The van der Waals surface area contributed by atoms with E-state index in [0.717, 1.165) is 24.4 Å². The Morgan fingerprint density at radius 3 is 2.62 bits per heavy atom. The number of aromatic nitrogens is 2. The van der Waals surface area contributed by atoms with Crippen LogP contribution in [0, 0.1) is 0 Å². The van der Waals surface area contributed by atoms with E-state index < -0.39 is 0 Å². The third-order valence-corrected chi connectivity index (χ3v) is 5.06. The molecule has 1 amide bonds. The number of carbonyl (C=O) groups is 1. The molecular formula is C22H23N5O2. The number of anilines is 1. The summed E-state index contributed by atoms with van der Waals surface area (Å²) in [4.78, 5) is 34.2. The van der Waals surface area contributed by atoms with E-state index in [1.165, 1.54) is 0 Å². The van der Waals surface area contributed by atoms with E-state index in [4.69, 9.17) is 0 Å². The van der Waals surface area contributed by atoms with E-state index in [2.05, 4.69) is 15.1 Å². The van der Waals surface area contributed by atoms with Crippen molar-refractivity contribution in [3.8, 4) is 0 Å². The molecule has 0 bridgehead atoms. The highest BCUT2D eigenvalue weighted by atomic mass is 16.2. The van der Waals surface area contributed by atoms with Crippen LogP contribution in [0.15, 0.2) is 58.4 Å². The molecule has 0 atom stereocenters. The van der Waals surface area contributed by atoms with Crippen molar-refractivity contribution >= 4 is 28.2 Å². The summed E-state index contributed by atoms with van der Waals surface area (Å²) in [5, 5.41) is 6.98. The first-order valence-electron chi connectivity index (χ1n) is 9.74. The van der Waals surface area contributed by atoms with Crippen LogP contribution in [0.1, 0.15) is 36.5 Å². The molecule has 0 fully saturated rings. The van der Waals surface area contributed by atoms with Crippen molar-refractivity contribution in [3.05, 3.63) is 70.3 Å². The highest BCUT2D eigenvalue weighted by Crippen LogP contribution is 2.20. The maximum absolute atomic E-state index is 13.0. The van der Waals surface area contributed by atoms with Crippen molar-refractivity contribution in [2.24, 2.45) is 5.10 Å². The zero-order valence-corrected chi connectivity index (χ0v) is 16.6. The molecule has 0 radical (unpaired) electrons. The summed E-state index contributed by atoms with van der Waals surface area (Å²) in [7, 11) is 0. The minimum Gasteiger partial charge on any atom is -0.331 e. The fraction of sp³-hybridized carbons (Fsp3) is 0.273. The van der Waals surface area contributed by atoms with Gasteiger partial charge in [-0.25, -0.2) is 4.98 Å². The summed E-state index contributed by atoms with van der Waals surface area (Å²) in [6.07, 6.45) is 0.960. The molecule has 7 heteroatoms. The molecule has 1 N–H and O–H groups in total. The van der Waals surface area contributed by atoms with Gasteiger partial charge in [-0.05, 0) is 50.2 Å². The van der Waals surface area contributed by atoms with E-state index >= 15 is 0 Å². The summed E-state index contributed by atoms with van der Waals surface area (Å²) in [6, 6.07) is 14.7. The Morgan fingerprint density at radius 2 is 1.93 bits per heavy atom. The van der Waals surface area contributed by atoms with Gasteiger partial charge in [0.15, 0.2) is 0 Å². The Morgan fingerprint density at radius 1 is 1.17 bits per heavy atom. The zero-order valence-electron chi connectivity index (χ0n) is 16.6. The van der Waals surface area contributed by atoms with Gasteiger partial charge in [0.05, 0.1) is 23.1 Å². The molecular weight excluding hydrogens is 366 g/mol. The lowest BCUT2D eigenvalue weighted by molar-refractivity contribution is 0.0748. The van der Waals surface area contributed by atoms with Gasteiger partial charge < -0.3 is 9.88 Å². The number of H-pyrrole nitrogens is 1. The van der Waals surface area contributed by atoms with Crippen LogP contribution >= 0.6 is 0 Å². The Hall–Kier alpha value is -3.48. The van der Waals surface area contributed by atoms with Crippen LogP contribution in [-0.2, 0) is 6.54 Å². The van der Waals surface area contributed by atoms with Crippen molar-refractivity contribution in [3.63, 3.8) is 0 Å². The second-order valence-corrected chi connectivity index (χ2v) is 7.10. The first kappa shape index (κ1) is 18.9. The third-order valence-electron chi connectivity index (χ3n) is 5.06. The number of benzene rings is 2. The molecule has 148 valence electrons. The zero-order chi connectivity index (χ0) is 20.4. The smallest absolute Gasteiger partial charge is 0.258 e. The van der Waals surface area contributed by atoms with Gasteiger partial charge >= 0.3 is 0 Å². The van der Waals surface area contributed by atoms with Crippen molar-refractivity contribution < 1.29 is 4.79 Å². The monoisotopic (exact) mass is 389 g/mol. The van der Waals surface area contributed by atoms with Crippen LogP contribution in [0.4, 0.5) is 5.69 Å². The van der Waals surface area contributed by atoms with E-state index in [1.54, 1.807) is 23.1 Å². The predicted octanol–water partition coefficient (Wildman–Crippen LogP) is 3.17. The summed E-state index contributed by atoms with van der Waals surface area (Å²) in [6.45, 7) is 5.54. The second kappa shape index (κ2) is 7.87. The second-order valence-electron chi connectivity index (χ2n) is 7.10. The topological polar surface area (TPSA) is 81.7 Å². The lowest BCUT2D eigenvalue weighted by Crippen LogP contribution is -2.32. The van der Waals surface area contributed by atoms with Gasteiger partial charge in [0.25, 0.3) is 11.5 Å². The molecule has 0 aliphatic carbocycles. The summed E-state index contributed by atoms with van der Waals surface area (Å²) < 4.78 is 0. The number of amides is 1. The number of hydrogen-bond donors (Lipinski definition) is 1. The van der Waals surface area contributed by atoms with Gasteiger partial charge in [0, 0.05) is 30.8 Å². The normalized spacial score (nSPS) is 13.6. The highest BCUT2D eigenvalue weighted by Gasteiger charge is 2.18. The number of aromatic amines is 1. The number of fused-ring (bicyclic) bond motifs is 1. The summed E-state index contributed by atoms with van der Waals surface area (Å²) >= 11 is 0. The highest BCUT2D eigenvalue weighted by molar-refractivity contribution is 5.94. The predicted molar refractivity (Wildman–Crippen MR) is 114 cm³/mol. The molecule has 1 aromatic heterocycles. The average Bonchev–Trinajstić information content (AvgIpc) is 3.18. The number of nitrogens with one attached hydrogen (secondary N) is 1. The molecule has 7 nitrogen and oxygen atoms in total. The number of rotatable bonds is 5. The van der Waals surface area contributed by atoms with Crippen LogP contribution in [0.3, 0.4) is 0 Å². The minimum absolute atomic E-state index is 0.101. The molecule has 0 spiro atoms. The molecule has 2 heterocycles. The number of nitrogens with zero attached hydrogens (tertiary/aromatic N) is 4. The molecule has 4 rings (SSSR count). The van der Waals surface area contributed by atoms with E-state index in [9.17, 15) is 9.59 Å². The first-order chi connectivity index (χ1) is 14.0. The van der Waals surface area contributed by atoms with Crippen molar-refractivity contribution in [1.82, 2.24) is 14.9 Å². The largest absolute Gasteiger partial charge is 0.331 e. The van der Waals surface area contributed by atoms with Crippen molar-refractivity contribution in [1.29, 1.82) is 0 Å².